The SMILES string of the molecule is O=C(Nc1cccc(S(=O)(=O)N2CCOCC2)c1)[C@@H]1CC(=O)N(C2CCCC2)C1. The summed E-state index contributed by atoms with van der Waals surface area (Å²) in [5.41, 5.74) is 0.427. The number of carbonyl (C=O) groups excluding carboxylic acids is 2. The molecule has 8 nitrogen and oxygen atoms in total. The Morgan fingerprint density at radius 2 is 1.86 bits per heavy atom. The van der Waals surface area contributed by atoms with Crippen molar-refractivity contribution in [1.29, 1.82) is 0 Å². The van der Waals surface area contributed by atoms with Crippen molar-refractivity contribution in [3.05, 3.63) is 24.3 Å². The predicted octanol–water partition coefficient (Wildman–Crippen LogP) is 1.44. The van der Waals surface area contributed by atoms with E-state index in [1.54, 1.807) is 12.1 Å². The molecule has 158 valence electrons. The van der Waals surface area contributed by atoms with E-state index in [-0.39, 0.29) is 29.2 Å². The summed E-state index contributed by atoms with van der Waals surface area (Å²) in [5, 5.41) is 2.81. The maximum absolute atomic E-state index is 12.8. The van der Waals surface area contributed by atoms with Gasteiger partial charge in [0.05, 0.1) is 24.0 Å². The fraction of sp³-hybridized carbons (Fsp3) is 0.600. The van der Waals surface area contributed by atoms with Crippen LogP contribution in [0.2, 0.25) is 0 Å². The van der Waals surface area contributed by atoms with Crippen molar-refractivity contribution in [2.24, 2.45) is 5.92 Å². The van der Waals surface area contributed by atoms with E-state index in [0.29, 0.717) is 38.5 Å². The Morgan fingerprint density at radius 3 is 2.59 bits per heavy atom. The van der Waals surface area contributed by atoms with Crippen molar-refractivity contribution in [3.63, 3.8) is 0 Å². The van der Waals surface area contributed by atoms with Gasteiger partial charge in [-0.05, 0) is 31.0 Å². The highest BCUT2D eigenvalue weighted by Crippen LogP contribution is 2.30. The first kappa shape index (κ1) is 20.3. The van der Waals surface area contributed by atoms with Gasteiger partial charge in [-0.1, -0.05) is 18.9 Å². The number of likely N-dealkylation sites (tertiary alicyclic amines) is 1. The van der Waals surface area contributed by atoms with Gasteiger partial charge in [0.1, 0.15) is 0 Å². The average Bonchev–Trinajstić information content (AvgIpc) is 3.38. The number of anilines is 1. The van der Waals surface area contributed by atoms with Gasteiger partial charge in [0, 0.05) is 37.8 Å². The van der Waals surface area contributed by atoms with Crippen LogP contribution >= 0.6 is 0 Å². The fourth-order valence-electron chi connectivity index (χ4n) is 4.39. The highest BCUT2D eigenvalue weighted by Gasteiger charge is 2.38. The first-order valence-corrected chi connectivity index (χ1v) is 11.7. The Morgan fingerprint density at radius 1 is 1.14 bits per heavy atom. The Bertz CT molecular complexity index is 876. The van der Waals surface area contributed by atoms with Gasteiger partial charge >= 0.3 is 0 Å². The van der Waals surface area contributed by atoms with Gasteiger partial charge in [-0.2, -0.15) is 4.31 Å². The van der Waals surface area contributed by atoms with Crippen molar-refractivity contribution in [3.8, 4) is 0 Å². The molecule has 1 saturated carbocycles. The molecule has 1 aromatic rings. The maximum Gasteiger partial charge on any atom is 0.243 e. The number of nitrogens with zero attached hydrogens (tertiary/aromatic N) is 2. The molecule has 4 rings (SSSR count). The van der Waals surface area contributed by atoms with Crippen LogP contribution in [0.25, 0.3) is 0 Å². The van der Waals surface area contributed by atoms with Crippen LogP contribution in [0.3, 0.4) is 0 Å². The molecule has 1 aliphatic carbocycles. The van der Waals surface area contributed by atoms with Crippen LogP contribution in [-0.2, 0) is 24.3 Å². The molecular weight excluding hydrogens is 394 g/mol. The van der Waals surface area contributed by atoms with Crippen molar-refractivity contribution in [1.82, 2.24) is 9.21 Å². The lowest BCUT2D eigenvalue weighted by Crippen LogP contribution is -2.40. The lowest BCUT2D eigenvalue weighted by atomic mass is 10.1. The van der Waals surface area contributed by atoms with Crippen molar-refractivity contribution in [2.45, 2.75) is 43.0 Å². The average molecular weight is 422 g/mol. The molecule has 0 unspecified atom stereocenters. The minimum Gasteiger partial charge on any atom is -0.379 e. The number of sulfonamides is 1. The second-order valence-electron chi connectivity index (χ2n) is 7.92. The number of rotatable bonds is 5. The maximum atomic E-state index is 12.8. The van der Waals surface area contributed by atoms with E-state index in [9.17, 15) is 18.0 Å². The first-order valence-electron chi connectivity index (χ1n) is 10.2. The molecule has 29 heavy (non-hydrogen) atoms. The summed E-state index contributed by atoms with van der Waals surface area (Å²) in [7, 11) is -3.63. The van der Waals surface area contributed by atoms with E-state index in [4.69, 9.17) is 4.74 Å². The molecule has 0 spiro atoms. The number of morpholine rings is 1. The molecule has 9 heteroatoms. The molecule has 0 aromatic heterocycles. The van der Waals surface area contributed by atoms with E-state index >= 15 is 0 Å². The number of amides is 2. The van der Waals surface area contributed by atoms with E-state index in [0.717, 1.165) is 25.7 Å². The summed E-state index contributed by atoms with van der Waals surface area (Å²) in [5.74, 6) is -0.594. The van der Waals surface area contributed by atoms with Gasteiger partial charge in [-0.25, -0.2) is 8.42 Å². The summed E-state index contributed by atoms with van der Waals surface area (Å²) < 4.78 is 32.3. The van der Waals surface area contributed by atoms with Crippen molar-refractivity contribution in [2.75, 3.05) is 38.2 Å². The summed E-state index contributed by atoms with van der Waals surface area (Å²) in [6.07, 6.45) is 4.52. The van der Waals surface area contributed by atoms with Crippen LogP contribution in [-0.4, -0.2) is 68.3 Å². The minimum atomic E-state index is -3.63. The third-order valence-corrected chi connectivity index (χ3v) is 7.90. The summed E-state index contributed by atoms with van der Waals surface area (Å²) in [4.78, 5) is 27.1. The topological polar surface area (TPSA) is 96.0 Å². The number of hydrogen-bond acceptors (Lipinski definition) is 5. The standard InChI is InChI=1S/C20H27N3O5S/c24-19-12-15(14-23(19)17-5-1-2-6-17)20(25)21-16-4-3-7-18(13-16)29(26,27)22-8-10-28-11-9-22/h3-4,7,13,15,17H,1-2,5-6,8-12,14H2,(H,21,25)/t15-/m1/s1. The van der Waals surface area contributed by atoms with Crippen LogP contribution in [0.4, 0.5) is 5.69 Å². The van der Waals surface area contributed by atoms with Crippen LogP contribution < -0.4 is 5.32 Å². The van der Waals surface area contributed by atoms with E-state index in [1.807, 2.05) is 4.90 Å². The summed E-state index contributed by atoms with van der Waals surface area (Å²) >= 11 is 0. The zero-order valence-electron chi connectivity index (χ0n) is 16.4. The molecule has 0 bridgehead atoms. The van der Waals surface area contributed by atoms with Crippen LogP contribution in [0, 0.1) is 5.92 Å². The van der Waals surface area contributed by atoms with E-state index < -0.39 is 15.9 Å². The summed E-state index contributed by atoms with van der Waals surface area (Å²) in [6, 6.07) is 6.56. The van der Waals surface area contributed by atoms with Crippen molar-refractivity contribution >= 4 is 27.5 Å². The first-order chi connectivity index (χ1) is 13.9. The lowest BCUT2D eigenvalue weighted by molar-refractivity contribution is -0.129. The largest absolute Gasteiger partial charge is 0.379 e. The smallest absolute Gasteiger partial charge is 0.243 e. The molecule has 2 heterocycles. The molecule has 2 aliphatic heterocycles. The van der Waals surface area contributed by atoms with Crippen LogP contribution in [0.15, 0.2) is 29.2 Å². The molecule has 2 saturated heterocycles. The molecule has 3 aliphatic rings. The Balaban J connectivity index is 1.42. The molecular formula is C20H27N3O5S. The third kappa shape index (κ3) is 4.31. The number of hydrogen-bond donors (Lipinski definition) is 1. The number of ether oxygens (including phenoxy) is 1. The molecule has 2 amide bonds. The molecule has 3 fully saturated rings. The normalized spacial score (nSPS) is 24.2. The number of nitrogens with one attached hydrogen (secondary N) is 1. The molecule has 1 aromatic carbocycles. The Labute approximate surface area is 171 Å². The second kappa shape index (κ2) is 8.41. The van der Waals surface area contributed by atoms with Crippen molar-refractivity contribution < 1.29 is 22.7 Å². The number of carbonyl (C=O) groups is 2. The van der Waals surface area contributed by atoms with E-state index in [2.05, 4.69) is 5.32 Å². The Hall–Kier alpha value is -1.97. The molecule has 1 atom stereocenters. The van der Waals surface area contributed by atoms with Gasteiger partial charge in [0.2, 0.25) is 21.8 Å². The zero-order valence-corrected chi connectivity index (χ0v) is 17.2. The third-order valence-electron chi connectivity index (χ3n) is 6.00. The molecule has 1 N–H and O–H groups in total. The zero-order chi connectivity index (χ0) is 20.4. The predicted molar refractivity (Wildman–Crippen MR) is 107 cm³/mol. The lowest BCUT2D eigenvalue weighted by Gasteiger charge is -2.26. The van der Waals surface area contributed by atoms with Gasteiger partial charge < -0.3 is 15.0 Å². The quantitative estimate of drug-likeness (QED) is 0.776. The monoisotopic (exact) mass is 421 g/mol. The van der Waals surface area contributed by atoms with Crippen LogP contribution in [0.5, 0.6) is 0 Å². The van der Waals surface area contributed by atoms with E-state index in [1.165, 1.54) is 16.4 Å². The Kier molecular flexibility index (Phi) is 5.89. The van der Waals surface area contributed by atoms with Gasteiger partial charge in [0.25, 0.3) is 0 Å². The highest BCUT2D eigenvalue weighted by molar-refractivity contribution is 7.89. The molecule has 0 radical (unpaired) electrons. The van der Waals surface area contributed by atoms with Gasteiger partial charge in [0.15, 0.2) is 0 Å². The fourth-order valence-corrected chi connectivity index (χ4v) is 5.85. The minimum absolute atomic E-state index is 0.0423. The second-order valence-corrected chi connectivity index (χ2v) is 9.86. The summed E-state index contributed by atoms with van der Waals surface area (Å²) in [6.45, 7) is 1.84. The highest BCUT2D eigenvalue weighted by atomic mass is 32.2. The van der Waals surface area contributed by atoms with Crippen LogP contribution in [0.1, 0.15) is 32.1 Å². The van der Waals surface area contributed by atoms with Gasteiger partial charge in [-0.15, -0.1) is 0 Å². The number of benzene rings is 1. The van der Waals surface area contributed by atoms with Gasteiger partial charge in [-0.3, -0.25) is 9.59 Å².